The number of nitrogens with zero attached hydrogens (tertiary/aromatic N) is 1. The Kier molecular flexibility index (Phi) is 6.69. The van der Waals surface area contributed by atoms with Crippen molar-refractivity contribution in [3.05, 3.63) is 70.9 Å². The van der Waals surface area contributed by atoms with Crippen molar-refractivity contribution in [1.29, 1.82) is 0 Å². The summed E-state index contributed by atoms with van der Waals surface area (Å²) in [7, 11) is 0. The molecule has 0 fully saturated rings. The first-order valence-corrected chi connectivity index (χ1v) is 12.3. The van der Waals surface area contributed by atoms with E-state index in [1.807, 2.05) is 0 Å². The lowest BCUT2D eigenvalue weighted by atomic mass is 10.1. The first-order chi connectivity index (χ1) is 13.5. The molecule has 1 heterocycles. The Bertz CT molecular complexity index is 1110. The summed E-state index contributed by atoms with van der Waals surface area (Å²) in [5, 5.41) is 0.860. The first kappa shape index (κ1) is 20.8. The number of nitrogens with two attached hydrogens (primary N) is 1. The summed E-state index contributed by atoms with van der Waals surface area (Å²) in [6, 6.07) is 7.05. The molecule has 28 heavy (non-hydrogen) atoms. The van der Waals surface area contributed by atoms with E-state index in [-0.39, 0.29) is 34.2 Å². The summed E-state index contributed by atoms with van der Waals surface area (Å²) < 4.78 is 38.6. The maximum absolute atomic E-state index is 14.6. The van der Waals surface area contributed by atoms with Crippen molar-refractivity contribution in [2.45, 2.75) is 0 Å². The summed E-state index contributed by atoms with van der Waals surface area (Å²) in [6.07, 6.45) is 4.83. The molecule has 2 aromatic carbocycles. The number of aromatic nitrogens is 1. The molecule has 3 N–H and O–H groups in total. The van der Waals surface area contributed by atoms with Gasteiger partial charge >= 0.3 is 0 Å². The van der Waals surface area contributed by atoms with Gasteiger partial charge in [0.1, 0.15) is 11.6 Å². The van der Waals surface area contributed by atoms with Crippen molar-refractivity contribution in [2.24, 2.45) is 10.5 Å². The fourth-order valence-electron chi connectivity index (χ4n) is 2.66. The molecule has 3 rings (SSSR count). The summed E-state index contributed by atoms with van der Waals surface area (Å²) in [5.41, 5.74) is 7.10. The third kappa shape index (κ3) is 4.21. The second kappa shape index (κ2) is 9.03. The van der Waals surface area contributed by atoms with Crippen LogP contribution in [0.25, 0.3) is 22.7 Å². The van der Waals surface area contributed by atoms with E-state index in [1.54, 1.807) is 12.3 Å². The second-order valence-electron chi connectivity index (χ2n) is 5.59. The monoisotopic (exact) mass is 531 g/mol. The zero-order valence-electron chi connectivity index (χ0n) is 14.3. The van der Waals surface area contributed by atoms with Gasteiger partial charge in [0.25, 0.3) is 0 Å². The van der Waals surface area contributed by atoms with Crippen LogP contribution in [0.2, 0.25) is 0 Å². The van der Waals surface area contributed by atoms with E-state index in [0.29, 0.717) is 11.1 Å². The minimum Gasteiger partial charge on any atom is -0.454 e. The molecule has 0 aliphatic heterocycles. The van der Waals surface area contributed by atoms with Crippen molar-refractivity contribution < 1.29 is 13.5 Å². The van der Waals surface area contributed by atoms with Gasteiger partial charge in [0.2, 0.25) is 0 Å². The van der Waals surface area contributed by atoms with E-state index in [4.69, 9.17) is 22.1 Å². The Morgan fingerprint density at radius 2 is 2.07 bits per heavy atom. The van der Waals surface area contributed by atoms with E-state index >= 15 is 0 Å². The molecule has 4 nitrogen and oxygen atoms in total. The molecule has 0 saturated carbocycles. The SMILES string of the molecule is C=Cc1c(Oc2ccc(F)c(/C(N)=C(Cl)/C=N/PI)c2)c(F)cc2[nH]ccc12. The lowest BCUT2D eigenvalue weighted by Gasteiger charge is -2.13. The molecule has 3 aromatic rings. The zero-order valence-corrected chi connectivity index (χ0v) is 18.2. The Morgan fingerprint density at radius 3 is 2.79 bits per heavy atom. The molecule has 0 amide bonds. The molecule has 1 aromatic heterocycles. The molecular weight excluding hydrogens is 518 g/mol. The Morgan fingerprint density at radius 1 is 1.29 bits per heavy atom. The fraction of sp³-hybridized carbons (Fsp3) is 0. The maximum Gasteiger partial charge on any atom is 0.170 e. The highest BCUT2D eigenvalue weighted by Gasteiger charge is 2.16. The quantitative estimate of drug-likeness (QED) is 0.210. The molecule has 0 radical (unpaired) electrons. The van der Waals surface area contributed by atoms with Gasteiger partial charge in [-0.25, -0.2) is 8.78 Å². The number of nitrogens with one attached hydrogen (secondary N) is 1. The number of aromatic amines is 1. The fourth-order valence-corrected chi connectivity index (χ4v) is 3.49. The van der Waals surface area contributed by atoms with Crippen molar-refractivity contribution in [3.63, 3.8) is 0 Å². The van der Waals surface area contributed by atoms with Crippen LogP contribution in [-0.2, 0) is 0 Å². The number of H-pyrrole nitrogens is 1. The van der Waals surface area contributed by atoms with Crippen LogP contribution in [0, 0.1) is 11.6 Å². The molecule has 0 spiro atoms. The smallest absolute Gasteiger partial charge is 0.170 e. The van der Waals surface area contributed by atoms with Gasteiger partial charge in [-0.05, 0) is 46.3 Å². The summed E-state index contributed by atoms with van der Waals surface area (Å²) in [5.74, 6) is -0.972. The van der Waals surface area contributed by atoms with Gasteiger partial charge in [-0.15, -0.1) is 0 Å². The van der Waals surface area contributed by atoms with Crippen LogP contribution in [0.5, 0.6) is 11.5 Å². The van der Waals surface area contributed by atoms with Gasteiger partial charge in [-0.1, -0.05) is 24.3 Å². The number of hydrogen-bond donors (Lipinski definition) is 2. The predicted molar refractivity (Wildman–Crippen MR) is 123 cm³/mol. The highest BCUT2D eigenvalue weighted by Crippen LogP contribution is 2.36. The molecule has 0 saturated heterocycles. The minimum atomic E-state index is -0.584. The van der Waals surface area contributed by atoms with Crippen LogP contribution in [0.4, 0.5) is 8.78 Å². The van der Waals surface area contributed by atoms with E-state index in [2.05, 4.69) is 38.4 Å². The first-order valence-electron chi connectivity index (χ1n) is 7.90. The number of rotatable bonds is 6. The van der Waals surface area contributed by atoms with Crippen LogP contribution < -0.4 is 10.5 Å². The number of allylic oxidation sites excluding steroid dienone is 1. The number of ether oxygens (including phenoxy) is 1. The van der Waals surface area contributed by atoms with Crippen LogP contribution in [-0.4, -0.2) is 11.2 Å². The highest BCUT2D eigenvalue weighted by atomic mass is 127. The summed E-state index contributed by atoms with van der Waals surface area (Å²) in [6.45, 7) is 3.74. The van der Waals surface area contributed by atoms with E-state index in [1.165, 1.54) is 36.6 Å². The van der Waals surface area contributed by atoms with E-state index in [0.717, 1.165) is 5.39 Å². The molecule has 144 valence electrons. The van der Waals surface area contributed by atoms with Crippen molar-refractivity contribution in [1.82, 2.24) is 4.98 Å². The van der Waals surface area contributed by atoms with Gasteiger partial charge in [0.05, 0.1) is 17.1 Å². The number of hydrogen-bond acceptors (Lipinski definition) is 3. The predicted octanol–water partition coefficient (Wildman–Crippen LogP) is 6.76. The Hall–Kier alpha value is -1.96. The largest absolute Gasteiger partial charge is 0.454 e. The third-order valence-corrected chi connectivity index (χ3v) is 5.30. The highest BCUT2D eigenvalue weighted by molar-refractivity contribution is 14.2. The van der Waals surface area contributed by atoms with Gasteiger partial charge in [-0.2, -0.15) is 0 Å². The number of halogens is 4. The molecule has 1 unspecified atom stereocenters. The maximum atomic E-state index is 14.6. The van der Waals surface area contributed by atoms with E-state index < -0.39 is 11.6 Å². The van der Waals surface area contributed by atoms with Crippen LogP contribution >= 0.6 is 40.0 Å². The Balaban J connectivity index is 2.05. The third-order valence-electron chi connectivity index (χ3n) is 3.94. The Labute approximate surface area is 179 Å². The zero-order chi connectivity index (χ0) is 20.3. The minimum absolute atomic E-state index is 0.00789. The normalized spacial score (nSPS) is 12.9. The van der Waals surface area contributed by atoms with Crippen molar-refractivity contribution in [2.75, 3.05) is 0 Å². The lowest BCUT2D eigenvalue weighted by Crippen LogP contribution is -2.03. The van der Waals surface area contributed by atoms with Gasteiger partial charge in [0.15, 0.2) is 11.6 Å². The topological polar surface area (TPSA) is 63.4 Å². The molecular formula is C19H14ClF2IN3OP. The summed E-state index contributed by atoms with van der Waals surface area (Å²) >= 11 is 8.14. The van der Waals surface area contributed by atoms with Gasteiger partial charge < -0.3 is 15.5 Å². The van der Waals surface area contributed by atoms with Gasteiger partial charge in [-0.3, -0.25) is 4.76 Å². The van der Waals surface area contributed by atoms with Crippen LogP contribution in [0.1, 0.15) is 11.1 Å². The molecule has 0 bridgehead atoms. The van der Waals surface area contributed by atoms with Crippen LogP contribution in [0.3, 0.4) is 0 Å². The number of benzene rings is 2. The molecule has 1 atom stereocenters. The van der Waals surface area contributed by atoms with Crippen LogP contribution in [0.15, 0.2) is 52.9 Å². The average molecular weight is 532 g/mol. The van der Waals surface area contributed by atoms with Gasteiger partial charge in [0, 0.05) is 40.5 Å². The molecule has 0 aliphatic rings. The number of fused-ring (bicyclic) bond motifs is 1. The van der Waals surface area contributed by atoms with E-state index in [9.17, 15) is 8.78 Å². The lowest BCUT2D eigenvalue weighted by molar-refractivity contribution is 0.441. The standard InChI is InChI=1S/C19H14ClF2IN3OP/c1-2-11-12-5-6-25-17(12)8-16(22)19(11)27-10-3-4-15(21)13(7-10)18(24)14(20)9-26-28-23/h2-9,25,28H,1,24H2/b18-14+,26-9+. The molecule has 9 heteroatoms. The van der Waals surface area contributed by atoms with Crippen molar-refractivity contribution in [3.8, 4) is 11.5 Å². The second-order valence-corrected chi connectivity index (χ2v) is 7.87. The molecule has 0 aliphatic carbocycles. The summed E-state index contributed by atoms with van der Waals surface area (Å²) in [4.78, 5) is 2.94. The average Bonchev–Trinajstić information content (AvgIpc) is 3.15. The van der Waals surface area contributed by atoms with Crippen molar-refractivity contribution >= 4 is 68.9 Å².